The Labute approximate surface area is 148 Å². The third-order valence-corrected chi connectivity index (χ3v) is 6.22. The second-order valence-electron chi connectivity index (χ2n) is 6.56. The van der Waals surface area contributed by atoms with Crippen LogP contribution in [-0.2, 0) is 19.4 Å². The topological polar surface area (TPSA) is 91.8 Å². The molecule has 0 bridgehead atoms. The molecule has 0 saturated carbocycles. The number of likely N-dealkylation sites (tertiary alicyclic amines) is 1. The highest BCUT2D eigenvalue weighted by Crippen LogP contribution is 2.33. The van der Waals surface area contributed by atoms with Crippen LogP contribution < -0.4 is 0 Å². The summed E-state index contributed by atoms with van der Waals surface area (Å²) in [4.78, 5) is 25.3. The molecule has 1 aromatic rings. The van der Waals surface area contributed by atoms with Gasteiger partial charge >= 0.3 is 5.97 Å². The molecule has 0 radical (unpaired) electrons. The molecule has 0 aliphatic carbocycles. The van der Waals surface area contributed by atoms with Crippen molar-refractivity contribution in [1.82, 2.24) is 4.90 Å². The minimum Gasteiger partial charge on any atom is -0.481 e. The first-order valence-electron chi connectivity index (χ1n) is 8.60. The number of aliphatic carboxylic acids is 1. The first-order chi connectivity index (χ1) is 11.8. The molecule has 0 aromatic heterocycles. The predicted octanol–water partition coefficient (Wildman–Crippen LogP) is 1.92. The Morgan fingerprint density at radius 2 is 1.84 bits per heavy atom. The van der Waals surface area contributed by atoms with Gasteiger partial charge in [0.15, 0.2) is 9.84 Å². The number of sulfone groups is 1. The minimum absolute atomic E-state index is 0.00485. The van der Waals surface area contributed by atoms with Crippen molar-refractivity contribution in [2.24, 2.45) is 5.92 Å². The summed E-state index contributed by atoms with van der Waals surface area (Å²) < 4.78 is 24.2. The lowest BCUT2D eigenvalue weighted by atomic mass is 9.89. The highest BCUT2D eigenvalue weighted by atomic mass is 32.2. The number of carboxylic acid groups (broad SMARTS) is 1. The highest BCUT2D eigenvalue weighted by molar-refractivity contribution is 7.92. The van der Waals surface area contributed by atoms with E-state index in [-0.39, 0.29) is 24.8 Å². The molecule has 0 unspecified atom stereocenters. The third kappa shape index (κ3) is 5.29. The van der Waals surface area contributed by atoms with E-state index in [0.717, 1.165) is 18.4 Å². The van der Waals surface area contributed by atoms with E-state index in [9.17, 15) is 23.1 Å². The van der Waals surface area contributed by atoms with Gasteiger partial charge in [0.1, 0.15) is 5.75 Å². The summed E-state index contributed by atoms with van der Waals surface area (Å²) in [6.45, 7) is 2.28. The van der Waals surface area contributed by atoms with E-state index in [1.165, 1.54) is 4.90 Å². The van der Waals surface area contributed by atoms with E-state index >= 15 is 0 Å². The summed E-state index contributed by atoms with van der Waals surface area (Å²) in [6, 6.07) is 9.19. The molecule has 1 amide bonds. The number of hydrogen-bond acceptors (Lipinski definition) is 4. The second kappa shape index (κ2) is 8.47. The van der Waals surface area contributed by atoms with E-state index in [1.54, 1.807) is 0 Å². The maximum absolute atomic E-state index is 12.4. The van der Waals surface area contributed by atoms with E-state index in [2.05, 4.69) is 0 Å². The lowest BCUT2D eigenvalue weighted by molar-refractivity contribution is -0.141. The van der Waals surface area contributed by atoms with Crippen molar-refractivity contribution in [2.75, 3.05) is 24.6 Å². The summed E-state index contributed by atoms with van der Waals surface area (Å²) in [5.41, 5.74) is 0.857. The fourth-order valence-corrected chi connectivity index (χ4v) is 4.57. The van der Waals surface area contributed by atoms with Gasteiger partial charge in [-0.2, -0.15) is 0 Å². The average molecular weight is 367 g/mol. The van der Waals surface area contributed by atoms with Crippen LogP contribution in [0.2, 0.25) is 0 Å². The molecule has 1 aliphatic heterocycles. The molecular formula is C18H25NO5S. The average Bonchev–Trinajstić information content (AvgIpc) is 3.01. The normalized spacial score (nSPS) is 20.6. The summed E-state index contributed by atoms with van der Waals surface area (Å²) in [5.74, 6) is -3.02. The zero-order valence-corrected chi connectivity index (χ0v) is 15.2. The van der Waals surface area contributed by atoms with Crippen LogP contribution >= 0.6 is 0 Å². The number of hydrogen-bond donors (Lipinski definition) is 1. The summed E-state index contributed by atoms with van der Waals surface area (Å²) in [7, 11) is -3.45. The SMILES string of the molecule is CCCCCS(=O)(=O)CC(=O)N1C[C@H](C(=O)O)[C@H](c2ccccc2)C1. The highest BCUT2D eigenvalue weighted by Gasteiger charge is 2.40. The number of unbranched alkanes of at least 4 members (excludes halogenated alkanes) is 2. The van der Waals surface area contributed by atoms with Gasteiger partial charge < -0.3 is 10.0 Å². The van der Waals surface area contributed by atoms with Crippen molar-refractivity contribution >= 4 is 21.7 Å². The molecule has 1 aromatic carbocycles. The molecule has 1 aliphatic rings. The summed E-state index contributed by atoms with van der Waals surface area (Å²) >= 11 is 0. The van der Waals surface area contributed by atoms with Gasteiger partial charge in [0.2, 0.25) is 5.91 Å². The molecule has 1 saturated heterocycles. The zero-order valence-electron chi connectivity index (χ0n) is 14.4. The Bertz CT molecular complexity index is 701. The number of benzene rings is 1. The van der Waals surface area contributed by atoms with Gasteiger partial charge in [-0.3, -0.25) is 9.59 Å². The van der Waals surface area contributed by atoms with Gasteiger partial charge in [0, 0.05) is 19.0 Å². The standard InChI is InChI=1S/C18H25NO5S/c1-2-3-7-10-25(23,24)13-17(20)19-11-15(16(12-19)18(21)22)14-8-5-4-6-9-14/h4-6,8-9,15-16H,2-3,7,10-13H2,1H3,(H,21,22)/t15-,16-/m0/s1. The van der Waals surface area contributed by atoms with E-state index < -0.39 is 33.4 Å². The Morgan fingerprint density at radius 3 is 2.44 bits per heavy atom. The van der Waals surface area contributed by atoms with Crippen molar-refractivity contribution < 1.29 is 23.1 Å². The van der Waals surface area contributed by atoms with Crippen LogP contribution in [0.1, 0.15) is 37.7 Å². The molecule has 2 atom stereocenters. The van der Waals surface area contributed by atoms with Crippen LogP contribution in [0.4, 0.5) is 0 Å². The number of rotatable bonds is 8. The quantitative estimate of drug-likeness (QED) is 0.709. The van der Waals surface area contributed by atoms with Crippen molar-refractivity contribution in [3.8, 4) is 0 Å². The predicted molar refractivity (Wildman–Crippen MR) is 95.1 cm³/mol. The maximum atomic E-state index is 12.4. The summed E-state index contributed by atoms with van der Waals surface area (Å²) in [6.07, 6.45) is 2.28. The Kier molecular flexibility index (Phi) is 6.58. The molecular weight excluding hydrogens is 342 g/mol. The first-order valence-corrected chi connectivity index (χ1v) is 10.4. The van der Waals surface area contributed by atoms with Crippen molar-refractivity contribution in [2.45, 2.75) is 32.1 Å². The lowest BCUT2D eigenvalue weighted by Crippen LogP contribution is -2.35. The summed E-state index contributed by atoms with van der Waals surface area (Å²) in [5, 5.41) is 9.46. The lowest BCUT2D eigenvalue weighted by Gasteiger charge is -2.16. The fraction of sp³-hybridized carbons (Fsp3) is 0.556. The maximum Gasteiger partial charge on any atom is 0.308 e. The number of carbonyl (C=O) groups is 2. The van der Waals surface area contributed by atoms with Gasteiger partial charge in [-0.1, -0.05) is 50.1 Å². The number of carbonyl (C=O) groups excluding carboxylic acids is 1. The van der Waals surface area contributed by atoms with Gasteiger partial charge in [0.05, 0.1) is 11.7 Å². The van der Waals surface area contributed by atoms with Crippen molar-refractivity contribution in [1.29, 1.82) is 0 Å². The van der Waals surface area contributed by atoms with E-state index in [4.69, 9.17) is 0 Å². The number of nitrogens with zero attached hydrogens (tertiary/aromatic N) is 1. The van der Waals surface area contributed by atoms with Crippen molar-refractivity contribution in [3.05, 3.63) is 35.9 Å². The van der Waals surface area contributed by atoms with Gasteiger partial charge in [-0.25, -0.2) is 8.42 Å². The molecule has 7 heteroatoms. The monoisotopic (exact) mass is 367 g/mol. The first kappa shape index (κ1) is 19.4. The second-order valence-corrected chi connectivity index (χ2v) is 8.74. The molecule has 6 nitrogen and oxygen atoms in total. The molecule has 1 heterocycles. The molecule has 25 heavy (non-hydrogen) atoms. The van der Waals surface area contributed by atoms with E-state index in [0.29, 0.717) is 6.42 Å². The van der Waals surface area contributed by atoms with Crippen LogP contribution in [0.25, 0.3) is 0 Å². The molecule has 1 N–H and O–H groups in total. The zero-order chi connectivity index (χ0) is 18.4. The number of amides is 1. The Morgan fingerprint density at radius 1 is 1.16 bits per heavy atom. The van der Waals surface area contributed by atoms with Crippen molar-refractivity contribution in [3.63, 3.8) is 0 Å². The third-order valence-electron chi connectivity index (χ3n) is 4.62. The largest absolute Gasteiger partial charge is 0.481 e. The molecule has 138 valence electrons. The van der Waals surface area contributed by atoms with Crippen LogP contribution in [0.3, 0.4) is 0 Å². The van der Waals surface area contributed by atoms with E-state index in [1.807, 2.05) is 37.3 Å². The van der Waals surface area contributed by atoms with Crippen LogP contribution in [0.15, 0.2) is 30.3 Å². The molecule has 0 spiro atoms. The van der Waals surface area contributed by atoms with Gasteiger partial charge in [-0.05, 0) is 12.0 Å². The molecule has 2 rings (SSSR count). The molecule has 1 fully saturated rings. The Hall–Kier alpha value is -1.89. The van der Waals surface area contributed by atoms with Crippen LogP contribution in [0.5, 0.6) is 0 Å². The smallest absolute Gasteiger partial charge is 0.308 e. The van der Waals surface area contributed by atoms with Gasteiger partial charge in [0.25, 0.3) is 0 Å². The van der Waals surface area contributed by atoms with Crippen LogP contribution in [0, 0.1) is 5.92 Å². The van der Waals surface area contributed by atoms with Crippen LogP contribution in [-0.4, -0.2) is 54.9 Å². The number of carboxylic acids is 1. The Balaban J connectivity index is 2.05. The fourth-order valence-electron chi connectivity index (χ4n) is 3.22. The minimum atomic E-state index is -3.45. The van der Waals surface area contributed by atoms with Gasteiger partial charge in [-0.15, -0.1) is 0 Å².